The van der Waals surface area contributed by atoms with Gasteiger partial charge in [-0.25, -0.2) is 4.39 Å². The molecule has 0 saturated carbocycles. The Bertz CT molecular complexity index is 545. The molecule has 1 aromatic carbocycles. The first-order chi connectivity index (χ1) is 8.16. The Kier molecular flexibility index (Phi) is 3.35. The highest BCUT2D eigenvalue weighted by Gasteiger charge is 2.08. The highest BCUT2D eigenvalue weighted by molar-refractivity contribution is 6.30. The molecule has 0 unspecified atom stereocenters. The van der Waals surface area contributed by atoms with Crippen LogP contribution in [0.2, 0.25) is 5.02 Å². The topological polar surface area (TPSA) is 42.0 Å². The average molecular weight is 251 g/mol. The van der Waals surface area contributed by atoms with Gasteiger partial charge in [-0.3, -0.25) is 9.78 Å². The number of hydrogen-bond donors (Lipinski definition) is 1. The molecule has 2 aromatic rings. The maximum Gasteiger partial charge on any atom is 0.255 e. The van der Waals surface area contributed by atoms with Crippen LogP contribution in [0.1, 0.15) is 10.4 Å². The van der Waals surface area contributed by atoms with Crippen LogP contribution in [0.25, 0.3) is 0 Å². The number of nitrogens with zero attached hydrogens (tertiary/aromatic N) is 1. The van der Waals surface area contributed by atoms with E-state index in [0.29, 0.717) is 5.56 Å². The van der Waals surface area contributed by atoms with Gasteiger partial charge in [-0.1, -0.05) is 11.6 Å². The molecule has 3 nitrogen and oxygen atoms in total. The fourth-order valence-corrected chi connectivity index (χ4v) is 1.45. The first kappa shape index (κ1) is 11.5. The van der Waals surface area contributed by atoms with Crippen molar-refractivity contribution in [2.45, 2.75) is 0 Å². The predicted octanol–water partition coefficient (Wildman–Crippen LogP) is 3.13. The van der Waals surface area contributed by atoms with E-state index in [1.54, 1.807) is 12.1 Å². The zero-order chi connectivity index (χ0) is 12.3. The lowest BCUT2D eigenvalue weighted by Crippen LogP contribution is -2.12. The first-order valence-corrected chi connectivity index (χ1v) is 5.21. The summed E-state index contributed by atoms with van der Waals surface area (Å²) >= 11 is 5.61. The molecular weight excluding hydrogens is 243 g/mol. The second-order valence-electron chi connectivity index (χ2n) is 3.31. The van der Waals surface area contributed by atoms with Crippen LogP contribution < -0.4 is 5.32 Å². The van der Waals surface area contributed by atoms with Gasteiger partial charge in [0, 0.05) is 23.0 Å². The Morgan fingerprint density at radius 3 is 2.59 bits per heavy atom. The Labute approximate surface area is 102 Å². The van der Waals surface area contributed by atoms with Crippen molar-refractivity contribution in [2.24, 2.45) is 0 Å². The predicted molar refractivity (Wildman–Crippen MR) is 63.6 cm³/mol. The molecule has 5 heteroatoms. The van der Waals surface area contributed by atoms with Gasteiger partial charge in [-0.05, 0) is 30.3 Å². The molecule has 1 amide bonds. The second kappa shape index (κ2) is 4.93. The molecule has 0 aliphatic carbocycles. The smallest absolute Gasteiger partial charge is 0.255 e. The van der Waals surface area contributed by atoms with E-state index < -0.39 is 11.7 Å². The van der Waals surface area contributed by atoms with Crippen LogP contribution in [0.15, 0.2) is 42.7 Å². The maximum atomic E-state index is 13.4. The second-order valence-corrected chi connectivity index (χ2v) is 3.75. The third-order valence-electron chi connectivity index (χ3n) is 2.12. The molecule has 1 heterocycles. The van der Waals surface area contributed by atoms with Crippen LogP contribution in [0, 0.1) is 5.82 Å². The molecule has 0 fully saturated rings. The van der Waals surface area contributed by atoms with Crippen molar-refractivity contribution in [2.75, 3.05) is 5.32 Å². The third-order valence-corrected chi connectivity index (χ3v) is 2.36. The SMILES string of the molecule is O=C(Nc1ccc(Cl)cc1F)c1ccncc1. The summed E-state index contributed by atoms with van der Waals surface area (Å²) in [6.45, 7) is 0. The Morgan fingerprint density at radius 1 is 1.24 bits per heavy atom. The fourth-order valence-electron chi connectivity index (χ4n) is 1.29. The number of benzene rings is 1. The normalized spacial score (nSPS) is 10.0. The minimum atomic E-state index is -0.570. The van der Waals surface area contributed by atoms with Gasteiger partial charge in [0.15, 0.2) is 0 Å². The van der Waals surface area contributed by atoms with E-state index in [1.165, 1.54) is 24.5 Å². The standard InChI is InChI=1S/C12H8ClFN2O/c13-9-1-2-11(10(14)7-9)16-12(17)8-3-5-15-6-4-8/h1-7H,(H,16,17). The van der Waals surface area contributed by atoms with Crippen molar-refractivity contribution in [3.63, 3.8) is 0 Å². The molecule has 0 bridgehead atoms. The van der Waals surface area contributed by atoms with Crippen molar-refractivity contribution in [3.05, 3.63) is 59.1 Å². The quantitative estimate of drug-likeness (QED) is 0.890. The van der Waals surface area contributed by atoms with E-state index >= 15 is 0 Å². The van der Waals surface area contributed by atoms with E-state index in [2.05, 4.69) is 10.3 Å². The molecule has 0 atom stereocenters. The Morgan fingerprint density at radius 2 is 1.94 bits per heavy atom. The Hall–Kier alpha value is -1.94. The van der Waals surface area contributed by atoms with Crippen molar-refractivity contribution in [1.29, 1.82) is 0 Å². The maximum absolute atomic E-state index is 13.4. The van der Waals surface area contributed by atoms with Crippen LogP contribution in [0.3, 0.4) is 0 Å². The molecule has 1 N–H and O–H groups in total. The van der Waals surface area contributed by atoms with Gasteiger partial charge in [0.2, 0.25) is 0 Å². The summed E-state index contributed by atoms with van der Waals surface area (Å²) in [6.07, 6.45) is 2.99. The molecule has 86 valence electrons. The van der Waals surface area contributed by atoms with Crippen molar-refractivity contribution in [3.8, 4) is 0 Å². The van der Waals surface area contributed by atoms with Gasteiger partial charge < -0.3 is 5.32 Å². The van der Waals surface area contributed by atoms with E-state index in [0.717, 1.165) is 6.07 Å². The molecular formula is C12H8ClFN2O. The van der Waals surface area contributed by atoms with Crippen LogP contribution >= 0.6 is 11.6 Å². The van der Waals surface area contributed by atoms with Gasteiger partial charge >= 0.3 is 0 Å². The highest BCUT2D eigenvalue weighted by atomic mass is 35.5. The molecule has 17 heavy (non-hydrogen) atoms. The van der Waals surface area contributed by atoms with Crippen molar-refractivity contribution < 1.29 is 9.18 Å². The molecule has 0 aliphatic rings. The van der Waals surface area contributed by atoms with Gasteiger partial charge in [-0.15, -0.1) is 0 Å². The lowest BCUT2D eigenvalue weighted by Gasteiger charge is -2.06. The zero-order valence-corrected chi connectivity index (χ0v) is 9.41. The summed E-state index contributed by atoms with van der Waals surface area (Å²) in [7, 11) is 0. The summed E-state index contributed by atoms with van der Waals surface area (Å²) in [5.74, 6) is -0.964. The third kappa shape index (κ3) is 2.79. The summed E-state index contributed by atoms with van der Waals surface area (Å²) in [5, 5.41) is 2.74. The summed E-state index contributed by atoms with van der Waals surface area (Å²) < 4.78 is 13.4. The number of carbonyl (C=O) groups is 1. The number of amides is 1. The van der Waals surface area contributed by atoms with Crippen LogP contribution in [0.4, 0.5) is 10.1 Å². The monoisotopic (exact) mass is 250 g/mol. The molecule has 0 spiro atoms. The summed E-state index contributed by atoms with van der Waals surface area (Å²) in [6, 6.07) is 7.15. The minimum Gasteiger partial charge on any atom is -0.319 e. The largest absolute Gasteiger partial charge is 0.319 e. The summed E-state index contributed by atoms with van der Waals surface area (Å²) in [4.78, 5) is 15.5. The van der Waals surface area contributed by atoms with E-state index in [9.17, 15) is 9.18 Å². The van der Waals surface area contributed by atoms with Crippen molar-refractivity contribution >= 4 is 23.2 Å². The van der Waals surface area contributed by atoms with E-state index in [4.69, 9.17) is 11.6 Å². The van der Waals surface area contributed by atoms with Gasteiger partial charge in [0.1, 0.15) is 5.82 Å². The number of halogens is 2. The molecule has 2 rings (SSSR count). The number of anilines is 1. The fraction of sp³-hybridized carbons (Fsp3) is 0. The minimum absolute atomic E-state index is 0.0937. The first-order valence-electron chi connectivity index (χ1n) is 4.83. The average Bonchev–Trinajstić information content (AvgIpc) is 2.34. The van der Waals surface area contributed by atoms with Gasteiger partial charge in [0.25, 0.3) is 5.91 Å². The number of aromatic nitrogens is 1. The van der Waals surface area contributed by atoms with Crippen LogP contribution in [-0.2, 0) is 0 Å². The summed E-state index contributed by atoms with van der Waals surface area (Å²) in [5.41, 5.74) is 0.505. The van der Waals surface area contributed by atoms with E-state index in [1.807, 2.05) is 0 Å². The number of carbonyl (C=O) groups excluding carboxylic acids is 1. The van der Waals surface area contributed by atoms with E-state index in [-0.39, 0.29) is 10.7 Å². The van der Waals surface area contributed by atoms with Gasteiger partial charge in [0.05, 0.1) is 5.69 Å². The molecule has 0 saturated heterocycles. The zero-order valence-electron chi connectivity index (χ0n) is 8.65. The number of rotatable bonds is 2. The lowest BCUT2D eigenvalue weighted by molar-refractivity contribution is 0.102. The van der Waals surface area contributed by atoms with Crippen LogP contribution in [-0.4, -0.2) is 10.9 Å². The number of pyridine rings is 1. The molecule has 1 aromatic heterocycles. The van der Waals surface area contributed by atoms with Crippen molar-refractivity contribution in [1.82, 2.24) is 4.98 Å². The van der Waals surface area contributed by atoms with Gasteiger partial charge in [-0.2, -0.15) is 0 Å². The number of hydrogen-bond acceptors (Lipinski definition) is 2. The number of nitrogens with one attached hydrogen (secondary N) is 1. The Balaban J connectivity index is 2.19. The van der Waals surface area contributed by atoms with Crippen LogP contribution in [0.5, 0.6) is 0 Å². The highest BCUT2D eigenvalue weighted by Crippen LogP contribution is 2.19. The molecule has 0 radical (unpaired) electrons. The lowest BCUT2D eigenvalue weighted by atomic mass is 10.2. The molecule has 0 aliphatic heterocycles.